The number of rotatable bonds is 6. The molecule has 0 amide bonds. The van der Waals surface area contributed by atoms with Crippen molar-refractivity contribution in [2.24, 2.45) is 17.6 Å². The first kappa shape index (κ1) is 14.1. The molecule has 2 heteroatoms. The van der Waals surface area contributed by atoms with E-state index in [9.17, 15) is 0 Å². The summed E-state index contributed by atoms with van der Waals surface area (Å²) in [6, 6.07) is 2.60. The van der Waals surface area contributed by atoms with Gasteiger partial charge in [-0.1, -0.05) is 39.0 Å². The summed E-state index contributed by atoms with van der Waals surface area (Å²) in [5.74, 6) is 1.76. The van der Waals surface area contributed by atoms with Crippen molar-refractivity contribution in [2.45, 2.75) is 64.3 Å². The summed E-state index contributed by atoms with van der Waals surface area (Å²) in [7, 11) is 0. The predicted octanol–water partition coefficient (Wildman–Crippen LogP) is 4.61. The second-order valence-electron chi connectivity index (χ2n) is 5.92. The van der Waals surface area contributed by atoms with Gasteiger partial charge in [-0.15, -0.1) is 0 Å². The van der Waals surface area contributed by atoms with Gasteiger partial charge in [-0.25, -0.2) is 0 Å². The van der Waals surface area contributed by atoms with Gasteiger partial charge in [0.15, 0.2) is 0 Å². The lowest BCUT2D eigenvalue weighted by Gasteiger charge is -2.32. The highest BCUT2D eigenvalue weighted by atomic mass is 32.1. The van der Waals surface area contributed by atoms with Gasteiger partial charge in [0.2, 0.25) is 0 Å². The fraction of sp³-hybridized carbons (Fsp3) is 0.750. The molecule has 1 fully saturated rings. The fourth-order valence-corrected chi connectivity index (χ4v) is 3.93. The third kappa shape index (κ3) is 4.10. The summed E-state index contributed by atoms with van der Waals surface area (Å²) in [4.78, 5) is 0. The van der Waals surface area contributed by atoms with Crippen LogP contribution in [0.1, 0.15) is 57.4 Å². The Bertz CT molecular complexity index is 312. The second kappa shape index (κ2) is 7.30. The first-order valence-electron chi connectivity index (χ1n) is 7.56. The van der Waals surface area contributed by atoms with Crippen molar-refractivity contribution in [3.63, 3.8) is 0 Å². The van der Waals surface area contributed by atoms with E-state index in [0.717, 1.165) is 18.3 Å². The fourth-order valence-electron chi connectivity index (χ4n) is 3.25. The Labute approximate surface area is 116 Å². The van der Waals surface area contributed by atoms with Crippen molar-refractivity contribution in [3.05, 3.63) is 22.4 Å². The quantitative estimate of drug-likeness (QED) is 0.798. The van der Waals surface area contributed by atoms with Crippen LogP contribution in [0.25, 0.3) is 0 Å². The third-order valence-electron chi connectivity index (χ3n) is 4.51. The van der Waals surface area contributed by atoms with E-state index >= 15 is 0 Å². The molecule has 0 radical (unpaired) electrons. The van der Waals surface area contributed by atoms with Gasteiger partial charge in [-0.3, -0.25) is 0 Å². The van der Waals surface area contributed by atoms with Crippen molar-refractivity contribution < 1.29 is 0 Å². The summed E-state index contributed by atoms with van der Waals surface area (Å²) in [6.45, 7) is 2.29. The molecule has 102 valence electrons. The summed E-state index contributed by atoms with van der Waals surface area (Å²) in [5, 5.41) is 4.40. The van der Waals surface area contributed by atoms with Crippen LogP contribution in [-0.4, -0.2) is 6.04 Å². The maximum absolute atomic E-state index is 6.39. The molecular formula is C16H27NS. The first-order valence-corrected chi connectivity index (χ1v) is 8.50. The van der Waals surface area contributed by atoms with Gasteiger partial charge in [-0.05, 0) is 53.5 Å². The topological polar surface area (TPSA) is 26.0 Å². The Hall–Kier alpha value is -0.340. The summed E-state index contributed by atoms with van der Waals surface area (Å²) in [5.41, 5.74) is 7.82. The van der Waals surface area contributed by atoms with Crippen molar-refractivity contribution in [1.29, 1.82) is 0 Å². The highest BCUT2D eigenvalue weighted by Crippen LogP contribution is 2.33. The Morgan fingerprint density at radius 2 is 2.11 bits per heavy atom. The normalized spacial score (nSPS) is 26.1. The van der Waals surface area contributed by atoms with Crippen molar-refractivity contribution in [1.82, 2.24) is 0 Å². The van der Waals surface area contributed by atoms with E-state index in [-0.39, 0.29) is 0 Å². The third-order valence-corrected chi connectivity index (χ3v) is 5.25. The van der Waals surface area contributed by atoms with Crippen LogP contribution in [0.15, 0.2) is 16.8 Å². The van der Waals surface area contributed by atoms with E-state index in [1.54, 1.807) is 11.3 Å². The molecule has 1 aromatic rings. The van der Waals surface area contributed by atoms with E-state index in [2.05, 4.69) is 23.8 Å². The van der Waals surface area contributed by atoms with Crippen LogP contribution in [0.2, 0.25) is 0 Å². The Morgan fingerprint density at radius 1 is 1.33 bits per heavy atom. The summed E-state index contributed by atoms with van der Waals surface area (Å²) in [6.07, 6.45) is 10.8. The van der Waals surface area contributed by atoms with Crippen molar-refractivity contribution >= 4 is 11.3 Å². The van der Waals surface area contributed by atoms with Crippen LogP contribution in [0.5, 0.6) is 0 Å². The zero-order valence-electron chi connectivity index (χ0n) is 11.6. The average molecular weight is 265 g/mol. The van der Waals surface area contributed by atoms with Crippen LogP contribution in [0.4, 0.5) is 0 Å². The van der Waals surface area contributed by atoms with E-state index < -0.39 is 0 Å². The number of nitrogens with two attached hydrogens (primary N) is 1. The van der Waals surface area contributed by atoms with Gasteiger partial charge in [-0.2, -0.15) is 11.3 Å². The standard InChI is InChI=1S/C16H27NS/c1-2-3-4-13-5-7-15(8-6-13)16(17)11-14-9-10-18-12-14/h9-10,12-13,15-16H,2-8,11,17H2,1H3. The van der Waals surface area contributed by atoms with Gasteiger partial charge < -0.3 is 5.73 Å². The zero-order chi connectivity index (χ0) is 12.8. The van der Waals surface area contributed by atoms with Gasteiger partial charge in [0.1, 0.15) is 0 Å². The molecule has 2 N–H and O–H groups in total. The molecule has 1 unspecified atom stereocenters. The second-order valence-corrected chi connectivity index (χ2v) is 6.70. The lowest BCUT2D eigenvalue weighted by Crippen LogP contribution is -2.34. The minimum Gasteiger partial charge on any atom is -0.327 e. The molecule has 18 heavy (non-hydrogen) atoms. The molecule has 1 aliphatic rings. The number of hydrogen-bond acceptors (Lipinski definition) is 2. The largest absolute Gasteiger partial charge is 0.327 e. The van der Waals surface area contributed by atoms with Crippen LogP contribution in [0.3, 0.4) is 0 Å². The van der Waals surface area contributed by atoms with Crippen LogP contribution >= 0.6 is 11.3 Å². The molecule has 1 heterocycles. The molecule has 0 aromatic carbocycles. The smallest absolute Gasteiger partial charge is 0.0108 e. The van der Waals surface area contributed by atoms with Crippen molar-refractivity contribution in [3.8, 4) is 0 Å². The maximum Gasteiger partial charge on any atom is 0.0108 e. The number of thiophene rings is 1. The molecular weight excluding hydrogens is 238 g/mol. The molecule has 0 bridgehead atoms. The Balaban J connectivity index is 1.72. The lowest BCUT2D eigenvalue weighted by atomic mass is 9.76. The Kier molecular flexibility index (Phi) is 5.71. The van der Waals surface area contributed by atoms with Gasteiger partial charge in [0.05, 0.1) is 0 Å². The lowest BCUT2D eigenvalue weighted by molar-refractivity contribution is 0.231. The van der Waals surface area contributed by atoms with Crippen molar-refractivity contribution in [2.75, 3.05) is 0 Å². The van der Waals surface area contributed by atoms with E-state index in [1.165, 1.54) is 50.5 Å². The van der Waals surface area contributed by atoms with Crippen LogP contribution < -0.4 is 5.73 Å². The minimum atomic E-state index is 0.381. The molecule has 1 aromatic heterocycles. The van der Waals surface area contributed by atoms with E-state index in [1.807, 2.05) is 0 Å². The molecule has 1 atom stereocenters. The van der Waals surface area contributed by atoms with Crippen LogP contribution in [-0.2, 0) is 6.42 Å². The molecule has 0 spiro atoms. The molecule has 2 rings (SSSR count). The van der Waals surface area contributed by atoms with Crippen LogP contribution in [0, 0.1) is 11.8 Å². The maximum atomic E-state index is 6.39. The van der Waals surface area contributed by atoms with Gasteiger partial charge in [0.25, 0.3) is 0 Å². The zero-order valence-corrected chi connectivity index (χ0v) is 12.4. The minimum absolute atomic E-state index is 0.381. The molecule has 0 aliphatic heterocycles. The average Bonchev–Trinajstić information content (AvgIpc) is 2.89. The predicted molar refractivity (Wildman–Crippen MR) is 81.0 cm³/mol. The Morgan fingerprint density at radius 3 is 2.72 bits per heavy atom. The van der Waals surface area contributed by atoms with Gasteiger partial charge in [0, 0.05) is 6.04 Å². The highest BCUT2D eigenvalue weighted by molar-refractivity contribution is 7.07. The molecule has 1 aliphatic carbocycles. The monoisotopic (exact) mass is 265 g/mol. The van der Waals surface area contributed by atoms with E-state index in [0.29, 0.717) is 6.04 Å². The SMILES string of the molecule is CCCCC1CCC(C(N)Cc2ccsc2)CC1. The number of unbranched alkanes of at least 4 members (excludes halogenated alkanes) is 1. The molecule has 1 nitrogen and oxygen atoms in total. The molecule has 1 saturated carbocycles. The number of hydrogen-bond donors (Lipinski definition) is 1. The molecule has 0 saturated heterocycles. The van der Waals surface area contributed by atoms with Gasteiger partial charge >= 0.3 is 0 Å². The summed E-state index contributed by atoms with van der Waals surface area (Å²) < 4.78 is 0. The van der Waals surface area contributed by atoms with E-state index in [4.69, 9.17) is 5.73 Å². The summed E-state index contributed by atoms with van der Waals surface area (Å²) >= 11 is 1.78. The first-order chi connectivity index (χ1) is 8.79. The highest BCUT2D eigenvalue weighted by Gasteiger charge is 2.25.